The Bertz CT molecular complexity index is 577. The minimum atomic E-state index is -0.365. The van der Waals surface area contributed by atoms with Gasteiger partial charge < -0.3 is 10.1 Å². The van der Waals surface area contributed by atoms with Crippen LogP contribution in [-0.4, -0.2) is 28.9 Å². The van der Waals surface area contributed by atoms with Crippen LogP contribution in [0.15, 0.2) is 23.6 Å². The number of anilines is 1. The van der Waals surface area contributed by atoms with Crippen LogP contribution in [0, 0.1) is 0 Å². The summed E-state index contributed by atoms with van der Waals surface area (Å²) in [5.74, 6) is 0.517. The van der Waals surface area contributed by atoms with Gasteiger partial charge in [0.1, 0.15) is 5.82 Å². The molecule has 1 aliphatic rings. The van der Waals surface area contributed by atoms with Crippen LogP contribution >= 0.6 is 11.3 Å². The monoisotopic (exact) mass is 277 g/mol. The first-order valence-electron chi connectivity index (χ1n) is 6.33. The van der Waals surface area contributed by atoms with Crippen molar-refractivity contribution in [2.24, 2.45) is 0 Å². The van der Waals surface area contributed by atoms with Crippen molar-refractivity contribution in [3.8, 4) is 0 Å². The summed E-state index contributed by atoms with van der Waals surface area (Å²) in [5, 5.41) is 9.72. The molecule has 1 N–H and O–H groups in total. The molecule has 1 unspecified atom stereocenters. The molecule has 6 heteroatoms. The fourth-order valence-corrected chi connectivity index (χ4v) is 3.12. The van der Waals surface area contributed by atoms with Gasteiger partial charge in [-0.25, -0.2) is 9.48 Å². The molecule has 0 aromatic carbocycles. The summed E-state index contributed by atoms with van der Waals surface area (Å²) in [6.45, 7) is 3.04. The van der Waals surface area contributed by atoms with Gasteiger partial charge in [-0.2, -0.15) is 5.10 Å². The zero-order valence-corrected chi connectivity index (χ0v) is 11.4. The number of ether oxygens (including phenoxy) is 1. The van der Waals surface area contributed by atoms with Gasteiger partial charge in [0.2, 0.25) is 0 Å². The van der Waals surface area contributed by atoms with Gasteiger partial charge in [0, 0.05) is 17.5 Å². The van der Waals surface area contributed by atoms with Crippen LogP contribution in [0.1, 0.15) is 34.8 Å². The predicted molar refractivity (Wildman–Crippen MR) is 73.7 cm³/mol. The number of fused-ring (bicyclic) bond motifs is 1. The highest BCUT2D eigenvalue weighted by molar-refractivity contribution is 7.10. The molecule has 0 aliphatic carbocycles. The zero-order chi connectivity index (χ0) is 13.2. The summed E-state index contributed by atoms with van der Waals surface area (Å²) in [5.41, 5.74) is 0.368. The molecule has 1 atom stereocenters. The van der Waals surface area contributed by atoms with Gasteiger partial charge in [-0.1, -0.05) is 6.07 Å². The maximum Gasteiger partial charge on any atom is 0.358 e. The van der Waals surface area contributed by atoms with Gasteiger partial charge in [0.05, 0.1) is 12.6 Å². The highest BCUT2D eigenvalue weighted by Gasteiger charge is 2.25. The van der Waals surface area contributed by atoms with Crippen LogP contribution < -0.4 is 5.32 Å². The summed E-state index contributed by atoms with van der Waals surface area (Å²) in [6, 6.07) is 6.12. The number of nitrogens with one attached hydrogen (secondary N) is 1. The van der Waals surface area contributed by atoms with Crippen LogP contribution in [0.4, 0.5) is 5.82 Å². The average molecular weight is 277 g/mol. The van der Waals surface area contributed by atoms with Gasteiger partial charge >= 0.3 is 5.97 Å². The molecule has 0 bridgehead atoms. The number of carbonyl (C=O) groups excluding carboxylic acids is 1. The fraction of sp³-hybridized carbons (Fsp3) is 0.385. The van der Waals surface area contributed by atoms with Gasteiger partial charge in [-0.3, -0.25) is 0 Å². The normalized spacial score (nSPS) is 17.6. The van der Waals surface area contributed by atoms with Gasteiger partial charge in [0.15, 0.2) is 5.69 Å². The zero-order valence-electron chi connectivity index (χ0n) is 10.6. The van der Waals surface area contributed by atoms with Crippen LogP contribution in [0.3, 0.4) is 0 Å². The van der Waals surface area contributed by atoms with Crippen molar-refractivity contribution in [3.05, 3.63) is 34.2 Å². The van der Waals surface area contributed by atoms with E-state index in [-0.39, 0.29) is 12.0 Å². The average Bonchev–Trinajstić information content (AvgIpc) is 3.07. The Hall–Kier alpha value is -1.82. The lowest BCUT2D eigenvalue weighted by atomic mass is 10.1. The predicted octanol–water partition coefficient (Wildman–Crippen LogP) is 2.53. The third-order valence-electron chi connectivity index (χ3n) is 3.11. The quantitative estimate of drug-likeness (QED) is 0.876. The van der Waals surface area contributed by atoms with Gasteiger partial charge in [-0.15, -0.1) is 11.3 Å². The molecule has 3 heterocycles. The molecule has 100 valence electrons. The molecule has 0 fully saturated rings. The Labute approximate surface area is 115 Å². The van der Waals surface area contributed by atoms with E-state index in [0.29, 0.717) is 12.3 Å². The second-order valence-corrected chi connectivity index (χ2v) is 5.31. The summed E-state index contributed by atoms with van der Waals surface area (Å²) >= 11 is 1.72. The molecule has 19 heavy (non-hydrogen) atoms. The summed E-state index contributed by atoms with van der Waals surface area (Å²) in [6.07, 6.45) is 0.970. The highest BCUT2D eigenvalue weighted by Crippen LogP contribution is 2.32. The SMILES string of the molecule is CCOC(=O)c1cc2n(n1)C(c1cccs1)CCN2. The first-order chi connectivity index (χ1) is 9.29. The molecule has 0 radical (unpaired) electrons. The number of hydrogen-bond acceptors (Lipinski definition) is 5. The van der Waals surface area contributed by atoms with E-state index in [2.05, 4.69) is 21.9 Å². The van der Waals surface area contributed by atoms with E-state index >= 15 is 0 Å². The van der Waals surface area contributed by atoms with Crippen molar-refractivity contribution in [1.82, 2.24) is 9.78 Å². The van der Waals surface area contributed by atoms with Crippen LogP contribution in [0.25, 0.3) is 0 Å². The molecular weight excluding hydrogens is 262 g/mol. The van der Waals surface area contributed by atoms with Crippen molar-refractivity contribution in [2.45, 2.75) is 19.4 Å². The Morgan fingerprint density at radius 1 is 1.68 bits per heavy atom. The van der Waals surface area contributed by atoms with Crippen molar-refractivity contribution in [2.75, 3.05) is 18.5 Å². The van der Waals surface area contributed by atoms with Gasteiger partial charge in [0.25, 0.3) is 0 Å². The Morgan fingerprint density at radius 2 is 2.58 bits per heavy atom. The third-order valence-corrected chi connectivity index (χ3v) is 4.08. The van der Waals surface area contributed by atoms with Gasteiger partial charge in [-0.05, 0) is 24.8 Å². The second-order valence-electron chi connectivity index (χ2n) is 4.33. The molecule has 1 aliphatic heterocycles. The number of nitrogens with zero attached hydrogens (tertiary/aromatic N) is 2. The van der Waals surface area contributed by atoms with E-state index in [1.165, 1.54) is 4.88 Å². The minimum Gasteiger partial charge on any atom is -0.461 e. The highest BCUT2D eigenvalue weighted by atomic mass is 32.1. The number of thiophene rings is 1. The minimum absolute atomic E-state index is 0.208. The number of esters is 1. The van der Waals surface area contributed by atoms with E-state index in [1.54, 1.807) is 24.3 Å². The first-order valence-corrected chi connectivity index (χ1v) is 7.21. The number of hydrogen-bond donors (Lipinski definition) is 1. The van der Waals surface area contributed by atoms with Crippen molar-refractivity contribution in [1.29, 1.82) is 0 Å². The van der Waals surface area contributed by atoms with Crippen LogP contribution in [-0.2, 0) is 4.74 Å². The van der Waals surface area contributed by atoms with E-state index in [0.717, 1.165) is 18.8 Å². The molecule has 0 saturated carbocycles. The molecule has 0 saturated heterocycles. The third kappa shape index (κ3) is 2.23. The lowest BCUT2D eigenvalue weighted by Crippen LogP contribution is -2.23. The lowest BCUT2D eigenvalue weighted by Gasteiger charge is -2.24. The van der Waals surface area contributed by atoms with Crippen molar-refractivity contribution >= 4 is 23.1 Å². The van der Waals surface area contributed by atoms with Crippen LogP contribution in [0.5, 0.6) is 0 Å². The number of aromatic nitrogens is 2. The second kappa shape index (κ2) is 5.05. The van der Waals surface area contributed by atoms with Crippen molar-refractivity contribution < 1.29 is 9.53 Å². The Balaban J connectivity index is 1.94. The first kappa shape index (κ1) is 12.2. The Morgan fingerprint density at radius 3 is 3.32 bits per heavy atom. The lowest BCUT2D eigenvalue weighted by molar-refractivity contribution is 0.0518. The van der Waals surface area contributed by atoms with E-state index < -0.39 is 0 Å². The standard InChI is InChI=1S/C13H15N3O2S/c1-2-18-13(17)9-8-12-14-6-5-10(16(12)15-9)11-4-3-7-19-11/h3-4,7-8,10,14H,2,5-6H2,1H3. The topological polar surface area (TPSA) is 56.2 Å². The smallest absolute Gasteiger partial charge is 0.358 e. The molecule has 2 aromatic heterocycles. The molecule has 5 nitrogen and oxygen atoms in total. The summed E-state index contributed by atoms with van der Waals surface area (Å²) in [7, 11) is 0. The van der Waals surface area contributed by atoms with Crippen molar-refractivity contribution in [3.63, 3.8) is 0 Å². The maximum absolute atomic E-state index is 11.7. The molecular formula is C13H15N3O2S. The number of rotatable bonds is 3. The summed E-state index contributed by atoms with van der Waals surface area (Å²) in [4.78, 5) is 13.0. The van der Waals surface area contributed by atoms with E-state index in [1.807, 2.05) is 10.7 Å². The largest absolute Gasteiger partial charge is 0.461 e. The van der Waals surface area contributed by atoms with Crippen LogP contribution in [0.2, 0.25) is 0 Å². The molecule has 2 aromatic rings. The number of carbonyl (C=O) groups is 1. The maximum atomic E-state index is 11.7. The molecule has 0 spiro atoms. The fourth-order valence-electron chi connectivity index (χ4n) is 2.27. The Kier molecular flexibility index (Phi) is 3.25. The molecule has 3 rings (SSSR count). The van der Waals surface area contributed by atoms with E-state index in [4.69, 9.17) is 4.74 Å². The van der Waals surface area contributed by atoms with E-state index in [9.17, 15) is 4.79 Å². The molecule has 0 amide bonds. The summed E-state index contributed by atoms with van der Waals surface area (Å²) < 4.78 is 6.88.